The number of hydrogen-bond donors (Lipinski definition) is 1. The third kappa shape index (κ3) is 4.16. The minimum Gasteiger partial charge on any atom is -0.342 e. The first kappa shape index (κ1) is 16.2. The van der Waals surface area contributed by atoms with E-state index in [0.717, 1.165) is 37.6 Å². The van der Waals surface area contributed by atoms with E-state index in [0.29, 0.717) is 11.3 Å². The molecular weight excluding hydrogens is 266 g/mol. The molecule has 1 unspecified atom stereocenters. The molecule has 0 spiro atoms. The Morgan fingerprint density at radius 3 is 2.50 bits per heavy atom. The molecular formula is C17H31NOS. The largest absolute Gasteiger partial charge is 0.342 e. The second-order valence-electron chi connectivity index (χ2n) is 6.99. The Balaban J connectivity index is 1.99. The van der Waals surface area contributed by atoms with Gasteiger partial charge >= 0.3 is 0 Å². The highest BCUT2D eigenvalue weighted by Crippen LogP contribution is 2.37. The smallest absolute Gasteiger partial charge is 0.222 e. The molecule has 2 fully saturated rings. The van der Waals surface area contributed by atoms with Crippen LogP contribution in [0.1, 0.15) is 71.1 Å². The van der Waals surface area contributed by atoms with Gasteiger partial charge in [-0.05, 0) is 42.8 Å². The van der Waals surface area contributed by atoms with Crippen molar-refractivity contribution in [1.82, 2.24) is 4.90 Å². The molecule has 1 saturated heterocycles. The van der Waals surface area contributed by atoms with Crippen LogP contribution in [0.25, 0.3) is 0 Å². The van der Waals surface area contributed by atoms with Crippen LogP contribution >= 0.6 is 12.6 Å². The summed E-state index contributed by atoms with van der Waals surface area (Å²) < 4.78 is 0. The SMILES string of the molecule is CCC1CCC(=O)N(CC2(CS)CCCCCC2)CC1. The Labute approximate surface area is 130 Å². The van der Waals surface area contributed by atoms with Crippen LogP contribution in [-0.2, 0) is 4.79 Å². The van der Waals surface area contributed by atoms with Gasteiger partial charge in [-0.3, -0.25) is 4.79 Å². The predicted molar refractivity (Wildman–Crippen MR) is 88.2 cm³/mol. The fourth-order valence-electron chi connectivity index (χ4n) is 3.92. The van der Waals surface area contributed by atoms with Crippen LogP contribution in [0.2, 0.25) is 0 Å². The lowest BCUT2D eigenvalue weighted by atomic mass is 9.81. The van der Waals surface area contributed by atoms with Crippen LogP contribution in [0.4, 0.5) is 0 Å². The van der Waals surface area contributed by atoms with Crippen LogP contribution in [0.3, 0.4) is 0 Å². The molecule has 0 N–H and O–H groups in total. The van der Waals surface area contributed by atoms with Gasteiger partial charge in [0, 0.05) is 19.5 Å². The van der Waals surface area contributed by atoms with Gasteiger partial charge in [0.15, 0.2) is 0 Å². The van der Waals surface area contributed by atoms with E-state index in [1.54, 1.807) is 0 Å². The van der Waals surface area contributed by atoms with Crippen LogP contribution < -0.4 is 0 Å². The number of likely N-dealkylation sites (tertiary alicyclic amines) is 1. The third-order valence-corrected chi connectivity index (χ3v) is 6.20. The van der Waals surface area contributed by atoms with Crippen LogP contribution in [-0.4, -0.2) is 29.6 Å². The standard InChI is InChI=1S/C17H31NOS/c1-2-15-7-8-16(19)18(12-9-15)13-17(14-20)10-5-3-4-6-11-17/h15,20H,2-14H2,1H3. The summed E-state index contributed by atoms with van der Waals surface area (Å²) in [7, 11) is 0. The minimum absolute atomic E-state index is 0.293. The summed E-state index contributed by atoms with van der Waals surface area (Å²) in [5.74, 6) is 2.09. The Kier molecular flexibility index (Phi) is 6.25. The van der Waals surface area contributed by atoms with Crippen molar-refractivity contribution in [3.8, 4) is 0 Å². The van der Waals surface area contributed by atoms with Crippen LogP contribution in [0, 0.1) is 11.3 Å². The summed E-state index contributed by atoms with van der Waals surface area (Å²) in [6.45, 7) is 4.20. The summed E-state index contributed by atoms with van der Waals surface area (Å²) in [6, 6.07) is 0. The van der Waals surface area contributed by atoms with Gasteiger partial charge in [0.25, 0.3) is 0 Å². The quantitative estimate of drug-likeness (QED) is 0.606. The van der Waals surface area contributed by atoms with Crippen LogP contribution in [0.15, 0.2) is 0 Å². The van der Waals surface area contributed by atoms with Gasteiger partial charge in [-0.15, -0.1) is 0 Å². The fourth-order valence-corrected chi connectivity index (χ4v) is 4.33. The van der Waals surface area contributed by atoms with Crippen molar-refractivity contribution in [3.63, 3.8) is 0 Å². The molecule has 1 heterocycles. The van der Waals surface area contributed by atoms with E-state index in [2.05, 4.69) is 24.5 Å². The highest BCUT2D eigenvalue weighted by atomic mass is 32.1. The van der Waals surface area contributed by atoms with E-state index < -0.39 is 0 Å². The topological polar surface area (TPSA) is 20.3 Å². The van der Waals surface area contributed by atoms with E-state index in [4.69, 9.17) is 0 Å². The van der Waals surface area contributed by atoms with Gasteiger partial charge in [0.05, 0.1) is 0 Å². The van der Waals surface area contributed by atoms with E-state index in [1.807, 2.05) is 0 Å². The van der Waals surface area contributed by atoms with Crippen molar-refractivity contribution in [3.05, 3.63) is 0 Å². The predicted octanol–water partition coefficient (Wildman–Crippen LogP) is 4.30. The van der Waals surface area contributed by atoms with Crippen molar-refractivity contribution in [2.45, 2.75) is 71.1 Å². The zero-order valence-corrected chi connectivity index (χ0v) is 14.0. The molecule has 0 radical (unpaired) electrons. The molecule has 2 nitrogen and oxygen atoms in total. The molecule has 1 atom stereocenters. The van der Waals surface area contributed by atoms with Crippen LogP contribution in [0.5, 0.6) is 0 Å². The van der Waals surface area contributed by atoms with Gasteiger partial charge in [-0.2, -0.15) is 12.6 Å². The minimum atomic E-state index is 0.293. The molecule has 0 bridgehead atoms. The summed E-state index contributed by atoms with van der Waals surface area (Å²) in [4.78, 5) is 14.6. The zero-order chi connectivity index (χ0) is 14.4. The molecule has 1 saturated carbocycles. The Hall–Kier alpha value is -0.180. The molecule has 3 heteroatoms. The van der Waals surface area contributed by atoms with Gasteiger partial charge in [0.1, 0.15) is 0 Å². The first-order chi connectivity index (χ1) is 9.69. The summed E-state index contributed by atoms with van der Waals surface area (Å²) in [5, 5.41) is 0. The van der Waals surface area contributed by atoms with E-state index >= 15 is 0 Å². The number of hydrogen-bond acceptors (Lipinski definition) is 2. The number of amides is 1. The van der Waals surface area contributed by atoms with Crippen molar-refractivity contribution in [2.75, 3.05) is 18.8 Å². The first-order valence-electron chi connectivity index (χ1n) is 8.58. The Bertz CT molecular complexity index is 310. The van der Waals surface area contributed by atoms with Gasteiger partial charge < -0.3 is 4.90 Å². The number of nitrogens with zero attached hydrogens (tertiary/aromatic N) is 1. The Morgan fingerprint density at radius 1 is 1.20 bits per heavy atom. The number of rotatable bonds is 4. The summed E-state index contributed by atoms with van der Waals surface area (Å²) in [5.41, 5.74) is 0.293. The maximum absolute atomic E-state index is 12.4. The molecule has 1 amide bonds. The molecule has 1 aliphatic carbocycles. The monoisotopic (exact) mass is 297 g/mol. The van der Waals surface area contributed by atoms with E-state index in [9.17, 15) is 4.79 Å². The van der Waals surface area contributed by atoms with Crippen molar-refractivity contribution < 1.29 is 4.79 Å². The normalized spacial score (nSPS) is 28.0. The molecule has 116 valence electrons. The molecule has 2 aliphatic rings. The van der Waals surface area contributed by atoms with E-state index in [-0.39, 0.29) is 0 Å². The second kappa shape index (κ2) is 7.72. The van der Waals surface area contributed by atoms with Crippen molar-refractivity contribution in [1.29, 1.82) is 0 Å². The molecule has 0 aromatic carbocycles. The molecule has 1 aliphatic heterocycles. The lowest BCUT2D eigenvalue weighted by Crippen LogP contribution is -2.42. The van der Waals surface area contributed by atoms with E-state index in [1.165, 1.54) is 51.4 Å². The zero-order valence-electron chi connectivity index (χ0n) is 13.1. The first-order valence-corrected chi connectivity index (χ1v) is 9.21. The molecule has 20 heavy (non-hydrogen) atoms. The van der Waals surface area contributed by atoms with Gasteiger partial charge in [0.2, 0.25) is 5.91 Å². The maximum atomic E-state index is 12.4. The lowest BCUT2D eigenvalue weighted by Gasteiger charge is -2.36. The number of carbonyl (C=O) groups excluding carboxylic acids is 1. The fraction of sp³-hybridized carbons (Fsp3) is 0.941. The van der Waals surface area contributed by atoms with Crippen molar-refractivity contribution in [2.24, 2.45) is 11.3 Å². The Morgan fingerprint density at radius 2 is 1.90 bits per heavy atom. The number of thiol groups is 1. The average Bonchev–Trinajstić information content (AvgIpc) is 2.80. The highest BCUT2D eigenvalue weighted by molar-refractivity contribution is 7.80. The lowest BCUT2D eigenvalue weighted by molar-refractivity contribution is -0.132. The molecule has 2 rings (SSSR count). The maximum Gasteiger partial charge on any atom is 0.222 e. The second-order valence-corrected chi connectivity index (χ2v) is 7.31. The molecule has 0 aromatic heterocycles. The van der Waals surface area contributed by atoms with Gasteiger partial charge in [-0.25, -0.2) is 0 Å². The molecule has 0 aromatic rings. The average molecular weight is 298 g/mol. The number of carbonyl (C=O) groups is 1. The van der Waals surface area contributed by atoms with Crippen molar-refractivity contribution >= 4 is 18.5 Å². The highest BCUT2D eigenvalue weighted by Gasteiger charge is 2.34. The summed E-state index contributed by atoms with van der Waals surface area (Å²) >= 11 is 4.65. The third-order valence-electron chi connectivity index (χ3n) is 5.53. The summed E-state index contributed by atoms with van der Waals surface area (Å²) in [6.07, 6.45) is 12.2. The van der Waals surface area contributed by atoms with Gasteiger partial charge in [-0.1, -0.05) is 39.0 Å².